The lowest BCUT2D eigenvalue weighted by atomic mass is 10.2. The molecular weight excluding hydrogens is 193 g/mol. The van der Waals surface area contributed by atoms with Crippen molar-refractivity contribution in [1.29, 1.82) is 10.5 Å². The number of anilines is 1. The second-order valence-corrected chi connectivity index (χ2v) is 2.99. The van der Waals surface area contributed by atoms with Gasteiger partial charge in [-0.2, -0.15) is 10.5 Å². The molecule has 1 aromatic carbocycles. The molecule has 0 atom stereocenters. The molecule has 3 nitrogen and oxygen atoms in total. The van der Waals surface area contributed by atoms with Crippen LogP contribution in [0.25, 0.3) is 0 Å². The maximum atomic E-state index is 12.9. The van der Waals surface area contributed by atoms with E-state index in [4.69, 9.17) is 10.5 Å². The minimum Gasteiger partial charge on any atom is -0.385 e. The molecule has 0 bridgehead atoms. The molecule has 15 heavy (non-hydrogen) atoms. The molecule has 1 aromatic rings. The maximum Gasteiger partial charge on any atom is 0.141 e. The van der Waals surface area contributed by atoms with Gasteiger partial charge in [-0.25, -0.2) is 4.39 Å². The third-order valence-corrected chi connectivity index (χ3v) is 1.88. The molecule has 0 aliphatic heterocycles. The number of nitrogens with one attached hydrogen (secondary N) is 1. The summed E-state index contributed by atoms with van der Waals surface area (Å²) in [5.41, 5.74) is 0.728. The van der Waals surface area contributed by atoms with Crippen LogP contribution in [0.1, 0.15) is 18.4 Å². The zero-order chi connectivity index (χ0) is 11.1. The number of nitrogens with zero attached hydrogens (tertiary/aromatic N) is 2. The maximum absolute atomic E-state index is 12.9. The van der Waals surface area contributed by atoms with Gasteiger partial charge in [0.15, 0.2) is 0 Å². The van der Waals surface area contributed by atoms with Crippen LogP contribution in [0.3, 0.4) is 0 Å². The van der Waals surface area contributed by atoms with E-state index in [1.165, 1.54) is 12.1 Å². The molecule has 76 valence electrons. The van der Waals surface area contributed by atoms with Crippen LogP contribution in [0.5, 0.6) is 0 Å². The first-order valence-electron chi connectivity index (χ1n) is 4.58. The second kappa shape index (κ2) is 5.62. The highest BCUT2D eigenvalue weighted by atomic mass is 19.1. The van der Waals surface area contributed by atoms with Crippen molar-refractivity contribution in [2.75, 3.05) is 11.9 Å². The first-order valence-corrected chi connectivity index (χ1v) is 4.58. The highest BCUT2D eigenvalue weighted by Crippen LogP contribution is 2.13. The van der Waals surface area contributed by atoms with Crippen molar-refractivity contribution >= 4 is 5.69 Å². The summed E-state index contributed by atoms with van der Waals surface area (Å²) in [6.45, 7) is 0.643. The summed E-state index contributed by atoms with van der Waals surface area (Å²) >= 11 is 0. The zero-order valence-electron chi connectivity index (χ0n) is 8.13. The average molecular weight is 203 g/mol. The first kappa shape index (κ1) is 11.0. The van der Waals surface area contributed by atoms with E-state index in [9.17, 15) is 4.39 Å². The number of hydrogen-bond acceptors (Lipinski definition) is 3. The van der Waals surface area contributed by atoms with Gasteiger partial charge in [0.1, 0.15) is 11.9 Å². The molecule has 0 saturated carbocycles. The molecule has 0 heterocycles. The van der Waals surface area contributed by atoms with Crippen LogP contribution < -0.4 is 5.32 Å². The van der Waals surface area contributed by atoms with Crippen LogP contribution in [0.2, 0.25) is 0 Å². The molecule has 1 N–H and O–H groups in total. The summed E-state index contributed by atoms with van der Waals surface area (Å²) in [4.78, 5) is 0. The minimum atomic E-state index is -0.514. The predicted molar refractivity (Wildman–Crippen MR) is 54.5 cm³/mol. The second-order valence-electron chi connectivity index (χ2n) is 2.99. The molecule has 1 rings (SSSR count). The van der Waals surface area contributed by atoms with Gasteiger partial charge in [-0.15, -0.1) is 0 Å². The SMILES string of the molecule is N#CCCCNc1ccc(F)c(C#N)c1. The molecule has 4 heteroatoms. The van der Waals surface area contributed by atoms with E-state index >= 15 is 0 Å². The number of halogens is 1. The Balaban J connectivity index is 2.57. The fourth-order valence-corrected chi connectivity index (χ4v) is 1.12. The molecular formula is C11H10FN3. The van der Waals surface area contributed by atoms with Crippen LogP contribution in [0, 0.1) is 28.5 Å². The highest BCUT2D eigenvalue weighted by Gasteiger charge is 2.01. The zero-order valence-corrected chi connectivity index (χ0v) is 8.13. The summed E-state index contributed by atoms with van der Waals surface area (Å²) in [5.74, 6) is -0.514. The topological polar surface area (TPSA) is 59.6 Å². The van der Waals surface area contributed by atoms with Gasteiger partial charge in [0.2, 0.25) is 0 Å². The number of benzene rings is 1. The summed E-state index contributed by atoms with van der Waals surface area (Å²) in [7, 11) is 0. The van der Waals surface area contributed by atoms with Gasteiger partial charge < -0.3 is 5.32 Å². The van der Waals surface area contributed by atoms with Gasteiger partial charge in [-0.3, -0.25) is 0 Å². The van der Waals surface area contributed by atoms with E-state index in [0.29, 0.717) is 18.7 Å². The monoisotopic (exact) mass is 203 g/mol. The van der Waals surface area contributed by atoms with E-state index in [-0.39, 0.29) is 5.56 Å². The Morgan fingerprint density at radius 3 is 2.80 bits per heavy atom. The van der Waals surface area contributed by atoms with Crippen LogP contribution >= 0.6 is 0 Å². The van der Waals surface area contributed by atoms with E-state index in [0.717, 1.165) is 6.42 Å². The summed E-state index contributed by atoms with van der Waals surface area (Å²) < 4.78 is 12.9. The van der Waals surface area contributed by atoms with Crippen LogP contribution in [0.15, 0.2) is 18.2 Å². The Bertz CT molecular complexity index is 415. The lowest BCUT2D eigenvalue weighted by Crippen LogP contribution is -2.01. The van der Waals surface area contributed by atoms with Crippen LogP contribution in [-0.4, -0.2) is 6.54 Å². The van der Waals surface area contributed by atoms with Crippen molar-refractivity contribution in [2.45, 2.75) is 12.8 Å². The third kappa shape index (κ3) is 3.28. The Morgan fingerprint density at radius 1 is 1.33 bits per heavy atom. The van der Waals surface area contributed by atoms with Crippen molar-refractivity contribution in [2.24, 2.45) is 0 Å². The minimum absolute atomic E-state index is 0.0280. The fourth-order valence-electron chi connectivity index (χ4n) is 1.12. The molecule has 0 amide bonds. The van der Waals surface area contributed by atoms with Crippen molar-refractivity contribution in [3.63, 3.8) is 0 Å². The number of nitriles is 2. The number of rotatable bonds is 4. The summed E-state index contributed by atoms with van der Waals surface area (Å²) in [6.07, 6.45) is 1.22. The van der Waals surface area contributed by atoms with Crippen molar-refractivity contribution < 1.29 is 4.39 Å². The predicted octanol–water partition coefficient (Wildman–Crippen LogP) is 2.41. The van der Waals surface area contributed by atoms with E-state index in [1.807, 2.05) is 6.07 Å². The summed E-state index contributed by atoms with van der Waals surface area (Å²) in [5, 5.41) is 19.9. The van der Waals surface area contributed by atoms with E-state index in [2.05, 4.69) is 5.32 Å². The smallest absolute Gasteiger partial charge is 0.141 e. The van der Waals surface area contributed by atoms with Gasteiger partial charge in [0, 0.05) is 18.7 Å². The molecule has 0 spiro atoms. The molecule has 0 fully saturated rings. The Kier molecular flexibility index (Phi) is 4.12. The number of unbranched alkanes of at least 4 members (excludes halogenated alkanes) is 1. The molecule has 0 aromatic heterocycles. The lowest BCUT2D eigenvalue weighted by Gasteiger charge is -2.05. The first-order chi connectivity index (χ1) is 7.27. The van der Waals surface area contributed by atoms with Gasteiger partial charge in [-0.05, 0) is 24.6 Å². The van der Waals surface area contributed by atoms with Crippen molar-refractivity contribution in [1.82, 2.24) is 0 Å². The van der Waals surface area contributed by atoms with Gasteiger partial charge in [-0.1, -0.05) is 0 Å². The Hall–Kier alpha value is -2.07. The van der Waals surface area contributed by atoms with Crippen LogP contribution in [-0.2, 0) is 0 Å². The lowest BCUT2D eigenvalue weighted by molar-refractivity contribution is 0.624. The van der Waals surface area contributed by atoms with Crippen molar-refractivity contribution in [3.8, 4) is 12.1 Å². The van der Waals surface area contributed by atoms with Gasteiger partial charge >= 0.3 is 0 Å². The van der Waals surface area contributed by atoms with E-state index in [1.54, 1.807) is 12.1 Å². The molecule has 0 saturated heterocycles. The van der Waals surface area contributed by atoms with E-state index < -0.39 is 5.82 Å². The fraction of sp³-hybridized carbons (Fsp3) is 0.273. The molecule has 0 radical (unpaired) electrons. The van der Waals surface area contributed by atoms with Crippen molar-refractivity contribution in [3.05, 3.63) is 29.6 Å². The largest absolute Gasteiger partial charge is 0.385 e. The number of hydrogen-bond donors (Lipinski definition) is 1. The average Bonchev–Trinajstić information content (AvgIpc) is 2.26. The normalized spacial score (nSPS) is 9.00. The standard InChI is InChI=1S/C11H10FN3/c12-11-4-3-10(7-9(11)8-14)15-6-2-1-5-13/h3-4,7,15H,1-2,6H2. The third-order valence-electron chi connectivity index (χ3n) is 1.88. The molecule has 0 aliphatic rings. The van der Waals surface area contributed by atoms with Gasteiger partial charge in [0.25, 0.3) is 0 Å². The summed E-state index contributed by atoms with van der Waals surface area (Å²) in [6, 6.07) is 8.09. The quantitative estimate of drug-likeness (QED) is 0.764. The molecule has 0 unspecified atom stereocenters. The highest BCUT2D eigenvalue weighted by molar-refractivity contribution is 5.49. The molecule has 0 aliphatic carbocycles. The van der Waals surface area contributed by atoms with Gasteiger partial charge in [0.05, 0.1) is 11.6 Å². The Labute approximate surface area is 87.8 Å². The Morgan fingerprint density at radius 2 is 2.13 bits per heavy atom. The van der Waals surface area contributed by atoms with Crippen LogP contribution in [0.4, 0.5) is 10.1 Å².